The summed E-state index contributed by atoms with van der Waals surface area (Å²) in [5, 5.41) is 12.9. The van der Waals surface area contributed by atoms with E-state index in [0.717, 1.165) is 5.82 Å². The fraction of sp³-hybridized carbons (Fsp3) is 0.727. The Kier molecular flexibility index (Phi) is 2.07. The third kappa shape index (κ3) is 1.43. The fourth-order valence-electron chi connectivity index (χ4n) is 1.95. The molecule has 1 aromatic heterocycles. The van der Waals surface area contributed by atoms with Crippen molar-refractivity contribution in [2.75, 3.05) is 0 Å². The molecule has 1 fully saturated rings. The molecule has 1 heterocycles. The van der Waals surface area contributed by atoms with Crippen LogP contribution in [0, 0.1) is 22.7 Å². The molecule has 0 saturated heterocycles. The number of aromatic nitrogens is 2. The molecule has 0 amide bonds. The van der Waals surface area contributed by atoms with Crippen LogP contribution in [-0.2, 0) is 0 Å². The molecule has 1 aliphatic carbocycles. The summed E-state index contributed by atoms with van der Waals surface area (Å²) in [6.07, 6.45) is 0. The van der Waals surface area contributed by atoms with Gasteiger partial charge in [-0.25, -0.2) is 0 Å². The van der Waals surface area contributed by atoms with Gasteiger partial charge < -0.3 is 4.52 Å². The molecule has 80 valence electrons. The third-order valence-corrected chi connectivity index (χ3v) is 3.21. The molecule has 2 rings (SSSR count). The van der Waals surface area contributed by atoms with Gasteiger partial charge in [-0.3, -0.25) is 0 Å². The first-order valence-electron chi connectivity index (χ1n) is 5.21. The summed E-state index contributed by atoms with van der Waals surface area (Å²) >= 11 is 0. The Morgan fingerprint density at radius 2 is 2.13 bits per heavy atom. The predicted octanol–water partition coefficient (Wildman–Crippen LogP) is 2.46. The second-order valence-corrected chi connectivity index (χ2v) is 5.05. The molecule has 15 heavy (non-hydrogen) atoms. The topological polar surface area (TPSA) is 62.7 Å². The second kappa shape index (κ2) is 3.06. The van der Waals surface area contributed by atoms with Crippen LogP contribution in [0.3, 0.4) is 0 Å². The number of rotatable bonds is 2. The highest BCUT2D eigenvalue weighted by atomic mass is 16.5. The zero-order chi connectivity index (χ0) is 11.2. The van der Waals surface area contributed by atoms with Crippen LogP contribution in [0.2, 0.25) is 0 Å². The fourth-order valence-corrected chi connectivity index (χ4v) is 1.95. The standard InChI is InChI=1S/C11H15N3O/c1-6(2)9-13-10(15-14-9)8-7(5-12)11(8,3)4/h6-8H,1-4H3. The number of hydrogen-bond donors (Lipinski definition) is 0. The van der Waals surface area contributed by atoms with Crippen molar-refractivity contribution >= 4 is 0 Å². The Morgan fingerprint density at radius 1 is 1.47 bits per heavy atom. The first kappa shape index (κ1) is 10.2. The minimum absolute atomic E-state index is 0.0120. The Labute approximate surface area is 89.3 Å². The normalized spacial score (nSPS) is 27.7. The van der Waals surface area contributed by atoms with Crippen molar-refractivity contribution in [1.82, 2.24) is 10.1 Å². The smallest absolute Gasteiger partial charge is 0.231 e. The molecule has 0 bridgehead atoms. The first-order chi connectivity index (χ1) is 6.98. The lowest BCUT2D eigenvalue weighted by molar-refractivity contribution is 0.361. The summed E-state index contributed by atoms with van der Waals surface area (Å²) in [7, 11) is 0. The number of hydrogen-bond acceptors (Lipinski definition) is 4. The van der Waals surface area contributed by atoms with Crippen molar-refractivity contribution in [2.24, 2.45) is 11.3 Å². The number of nitriles is 1. The maximum atomic E-state index is 8.95. The molecule has 0 aromatic carbocycles. The maximum Gasteiger partial charge on any atom is 0.231 e. The van der Waals surface area contributed by atoms with Crippen LogP contribution in [0.5, 0.6) is 0 Å². The van der Waals surface area contributed by atoms with Gasteiger partial charge in [-0.1, -0.05) is 32.9 Å². The highest BCUT2D eigenvalue weighted by molar-refractivity contribution is 5.26. The summed E-state index contributed by atoms with van der Waals surface area (Å²) in [5.41, 5.74) is -0.0183. The van der Waals surface area contributed by atoms with E-state index < -0.39 is 0 Å². The quantitative estimate of drug-likeness (QED) is 0.744. The molecule has 1 aliphatic rings. The van der Waals surface area contributed by atoms with E-state index in [1.54, 1.807) is 0 Å². The van der Waals surface area contributed by atoms with Gasteiger partial charge in [0, 0.05) is 5.92 Å². The van der Waals surface area contributed by atoms with E-state index >= 15 is 0 Å². The van der Waals surface area contributed by atoms with Crippen LogP contribution in [0.25, 0.3) is 0 Å². The lowest BCUT2D eigenvalue weighted by Gasteiger charge is -1.95. The van der Waals surface area contributed by atoms with Gasteiger partial charge in [0.1, 0.15) is 0 Å². The Bertz CT molecular complexity index is 414. The van der Waals surface area contributed by atoms with Crippen LogP contribution in [0.15, 0.2) is 4.52 Å². The molecule has 1 saturated carbocycles. The Morgan fingerprint density at radius 3 is 2.53 bits per heavy atom. The molecule has 0 N–H and O–H groups in total. The summed E-state index contributed by atoms with van der Waals surface area (Å²) in [6.45, 7) is 8.17. The minimum Gasteiger partial charge on any atom is -0.339 e. The summed E-state index contributed by atoms with van der Waals surface area (Å²) < 4.78 is 5.21. The highest BCUT2D eigenvalue weighted by Crippen LogP contribution is 2.63. The van der Waals surface area contributed by atoms with E-state index in [9.17, 15) is 0 Å². The number of nitrogens with zero attached hydrogens (tertiary/aromatic N) is 3. The molecular weight excluding hydrogens is 190 g/mol. The van der Waals surface area contributed by atoms with Crippen molar-refractivity contribution in [3.8, 4) is 6.07 Å². The lowest BCUT2D eigenvalue weighted by atomic mass is 10.1. The molecule has 1 aromatic rings. The van der Waals surface area contributed by atoms with Crippen molar-refractivity contribution in [3.05, 3.63) is 11.7 Å². The van der Waals surface area contributed by atoms with Gasteiger partial charge in [0.15, 0.2) is 5.82 Å². The van der Waals surface area contributed by atoms with E-state index in [0.29, 0.717) is 5.89 Å². The predicted molar refractivity (Wildman–Crippen MR) is 54.0 cm³/mol. The van der Waals surface area contributed by atoms with Crippen LogP contribution >= 0.6 is 0 Å². The molecule has 4 heteroatoms. The van der Waals surface area contributed by atoms with Crippen LogP contribution in [0.4, 0.5) is 0 Å². The van der Waals surface area contributed by atoms with Gasteiger partial charge in [-0.2, -0.15) is 10.2 Å². The van der Waals surface area contributed by atoms with E-state index in [1.807, 2.05) is 13.8 Å². The molecule has 0 spiro atoms. The molecular formula is C11H15N3O. The van der Waals surface area contributed by atoms with E-state index in [-0.39, 0.29) is 23.2 Å². The van der Waals surface area contributed by atoms with Crippen molar-refractivity contribution in [2.45, 2.75) is 39.5 Å². The highest BCUT2D eigenvalue weighted by Gasteiger charge is 2.62. The van der Waals surface area contributed by atoms with Crippen LogP contribution < -0.4 is 0 Å². The largest absolute Gasteiger partial charge is 0.339 e. The monoisotopic (exact) mass is 205 g/mol. The van der Waals surface area contributed by atoms with Crippen LogP contribution in [-0.4, -0.2) is 10.1 Å². The lowest BCUT2D eigenvalue weighted by Crippen LogP contribution is -1.92. The van der Waals surface area contributed by atoms with Gasteiger partial charge in [0.05, 0.1) is 17.9 Å². The van der Waals surface area contributed by atoms with Gasteiger partial charge in [0.25, 0.3) is 0 Å². The average Bonchev–Trinajstić information content (AvgIpc) is 2.58. The van der Waals surface area contributed by atoms with Crippen molar-refractivity contribution in [1.29, 1.82) is 5.26 Å². The van der Waals surface area contributed by atoms with E-state index in [1.165, 1.54) is 0 Å². The molecule has 2 unspecified atom stereocenters. The molecule has 0 radical (unpaired) electrons. The first-order valence-corrected chi connectivity index (χ1v) is 5.21. The van der Waals surface area contributed by atoms with E-state index in [2.05, 4.69) is 30.1 Å². The van der Waals surface area contributed by atoms with Gasteiger partial charge >= 0.3 is 0 Å². The summed E-state index contributed by atoms with van der Waals surface area (Å²) in [5.74, 6) is 1.74. The van der Waals surface area contributed by atoms with Crippen molar-refractivity contribution in [3.63, 3.8) is 0 Å². The third-order valence-electron chi connectivity index (χ3n) is 3.21. The minimum atomic E-state index is -0.0183. The van der Waals surface area contributed by atoms with Crippen molar-refractivity contribution < 1.29 is 4.52 Å². The molecule has 4 nitrogen and oxygen atoms in total. The van der Waals surface area contributed by atoms with Gasteiger partial charge in [-0.05, 0) is 5.41 Å². The Hall–Kier alpha value is -1.37. The molecule has 0 aliphatic heterocycles. The summed E-state index contributed by atoms with van der Waals surface area (Å²) in [4.78, 5) is 4.34. The second-order valence-electron chi connectivity index (χ2n) is 5.05. The molecule has 2 atom stereocenters. The average molecular weight is 205 g/mol. The summed E-state index contributed by atoms with van der Waals surface area (Å²) in [6, 6.07) is 2.29. The van der Waals surface area contributed by atoms with Gasteiger partial charge in [0.2, 0.25) is 5.89 Å². The van der Waals surface area contributed by atoms with Crippen LogP contribution in [0.1, 0.15) is 51.2 Å². The zero-order valence-corrected chi connectivity index (χ0v) is 9.48. The van der Waals surface area contributed by atoms with E-state index in [4.69, 9.17) is 9.78 Å². The Balaban J connectivity index is 2.23. The van der Waals surface area contributed by atoms with Gasteiger partial charge in [-0.15, -0.1) is 0 Å². The SMILES string of the molecule is CC(C)c1noc(C2C(C#N)C2(C)C)n1. The zero-order valence-electron chi connectivity index (χ0n) is 9.48. The maximum absolute atomic E-state index is 8.95.